The highest BCUT2D eigenvalue weighted by Crippen LogP contribution is 2.32. The predicted octanol–water partition coefficient (Wildman–Crippen LogP) is 1.48. The molecule has 2 heterocycles. The molecule has 0 aromatic carbocycles. The molecule has 5 heteroatoms. The van der Waals surface area contributed by atoms with Gasteiger partial charge in [-0.3, -0.25) is 9.69 Å². The monoisotopic (exact) mass is 239 g/mol. The quantitative estimate of drug-likeness (QED) is 0.513. The summed E-state index contributed by atoms with van der Waals surface area (Å²) in [6.07, 6.45) is 5.83. The maximum Gasteiger partial charge on any atom is 0.410 e. The van der Waals surface area contributed by atoms with E-state index in [0.29, 0.717) is 6.42 Å². The minimum absolute atomic E-state index is 0.0769. The van der Waals surface area contributed by atoms with Crippen molar-refractivity contribution in [1.82, 2.24) is 4.90 Å². The van der Waals surface area contributed by atoms with Crippen molar-refractivity contribution >= 4 is 12.1 Å². The molecule has 2 aliphatic rings. The smallest absolute Gasteiger partial charge is 0.410 e. The number of hydrogen-bond donors (Lipinski definition) is 0. The van der Waals surface area contributed by atoms with E-state index in [-0.39, 0.29) is 30.3 Å². The van der Waals surface area contributed by atoms with E-state index in [1.807, 2.05) is 12.2 Å². The number of carbonyl (C=O) groups is 2. The Kier molecular flexibility index (Phi) is 3.36. The van der Waals surface area contributed by atoms with E-state index < -0.39 is 0 Å². The fourth-order valence-electron chi connectivity index (χ4n) is 2.65. The highest BCUT2D eigenvalue weighted by Gasteiger charge is 2.42. The van der Waals surface area contributed by atoms with Crippen molar-refractivity contribution in [2.24, 2.45) is 0 Å². The topological polar surface area (TPSA) is 55.8 Å². The third-order valence-corrected chi connectivity index (χ3v) is 3.33. The van der Waals surface area contributed by atoms with Crippen LogP contribution >= 0.6 is 0 Å². The first-order valence-electron chi connectivity index (χ1n) is 5.83. The van der Waals surface area contributed by atoms with Crippen molar-refractivity contribution in [3.63, 3.8) is 0 Å². The number of rotatable bonds is 1. The molecule has 0 unspecified atom stereocenters. The third-order valence-electron chi connectivity index (χ3n) is 3.33. The van der Waals surface area contributed by atoms with Gasteiger partial charge >= 0.3 is 12.1 Å². The van der Waals surface area contributed by atoms with Crippen molar-refractivity contribution in [2.45, 2.75) is 44.4 Å². The van der Waals surface area contributed by atoms with Gasteiger partial charge in [0.1, 0.15) is 6.10 Å². The molecule has 5 nitrogen and oxygen atoms in total. The predicted molar refractivity (Wildman–Crippen MR) is 60.4 cm³/mol. The van der Waals surface area contributed by atoms with E-state index in [1.54, 1.807) is 4.90 Å². The van der Waals surface area contributed by atoms with Crippen LogP contribution in [0.4, 0.5) is 4.79 Å². The van der Waals surface area contributed by atoms with Gasteiger partial charge in [-0.05, 0) is 19.3 Å². The van der Waals surface area contributed by atoms with Gasteiger partial charge in [-0.25, -0.2) is 4.79 Å². The van der Waals surface area contributed by atoms with Crippen molar-refractivity contribution in [1.29, 1.82) is 0 Å². The minimum Gasteiger partial charge on any atom is -0.460 e. The first-order chi connectivity index (χ1) is 8.13. The first kappa shape index (κ1) is 12.0. The zero-order chi connectivity index (χ0) is 12.4. The summed E-state index contributed by atoms with van der Waals surface area (Å²) >= 11 is 0. The van der Waals surface area contributed by atoms with Crippen LogP contribution in [0.1, 0.15) is 26.2 Å². The number of esters is 1. The van der Waals surface area contributed by atoms with Crippen LogP contribution in [0.3, 0.4) is 0 Å². The molecule has 0 N–H and O–H groups in total. The molecule has 1 amide bonds. The number of nitrogens with zero attached hydrogens (tertiary/aromatic N) is 1. The molecule has 0 aromatic heterocycles. The summed E-state index contributed by atoms with van der Waals surface area (Å²) in [5.74, 6) is -0.298. The minimum atomic E-state index is -0.346. The SMILES string of the molecule is COC(=O)N1[C@H]2C=CC[C@H]1[C@H](OC(C)=O)CC2. The molecular weight excluding hydrogens is 222 g/mol. The number of piperidine rings is 1. The average Bonchev–Trinajstić information content (AvgIpc) is 2.31. The zero-order valence-electron chi connectivity index (χ0n) is 10.1. The van der Waals surface area contributed by atoms with Gasteiger partial charge in [0, 0.05) is 6.92 Å². The second-order valence-corrected chi connectivity index (χ2v) is 4.40. The van der Waals surface area contributed by atoms with Gasteiger partial charge < -0.3 is 9.47 Å². The Labute approximate surface area is 100 Å². The molecule has 0 saturated carbocycles. The Morgan fingerprint density at radius 1 is 1.35 bits per heavy atom. The van der Waals surface area contributed by atoms with Crippen LogP contribution in [-0.4, -0.2) is 42.3 Å². The highest BCUT2D eigenvalue weighted by molar-refractivity contribution is 5.70. The number of ether oxygens (including phenoxy) is 2. The maximum absolute atomic E-state index is 11.7. The van der Waals surface area contributed by atoms with Gasteiger partial charge in [0.2, 0.25) is 0 Å². The largest absolute Gasteiger partial charge is 0.460 e. The molecule has 0 spiro atoms. The first-order valence-corrected chi connectivity index (χ1v) is 5.83. The summed E-state index contributed by atoms with van der Waals surface area (Å²) in [7, 11) is 1.37. The van der Waals surface area contributed by atoms with Crippen molar-refractivity contribution < 1.29 is 19.1 Å². The fourth-order valence-corrected chi connectivity index (χ4v) is 2.65. The van der Waals surface area contributed by atoms with E-state index in [2.05, 4.69) is 0 Å². The summed E-state index contributed by atoms with van der Waals surface area (Å²) in [4.78, 5) is 24.5. The third kappa shape index (κ3) is 2.28. The summed E-state index contributed by atoms with van der Waals surface area (Å²) in [6.45, 7) is 1.40. The zero-order valence-corrected chi connectivity index (χ0v) is 10.1. The normalized spacial score (nSPS) is 30.9. The lowest BCUT2D eigenvalue weighted by Crippen LogP contribution is -2.57. The fraction of sp³-hybridized carbons (Fsp3) is 0.667. The van der Waals surface area contributed by atoms with Gasteiger partial charge in [-0.2, -0.15) is 0 Å². The second kappa shape index (κ2) is 4.77. The van der Waals surface area contributed by atoms with Crippen LogP contribution in [0.25, 0.3) is 0 Å². The van der Waals surface area contributed by atoms with Crippen LogP contribution in [0.15, 0.2) is 12.2 Å². The Hall–Kier alpha value is -1.52. The van der Waals surface area contributed by atoms with Crippen LogP contribution in [0.2, 0.25) is 0 Å². The van der Waals surface area contributed by atoms with E-state index >= 15 is 0 Å². The molecule has 3 atom stereocenters. The van der Waals surface area contributed by atoms with Gasteiger partial charge in [0.05, 0.1) is 19.2 Å². The maximum atomic E-state index is 11.7. The van der Waals surface area contributed by atoms with Crippen LogP contribution in [0.5, 0.6) is 0 Å². The molecule has 1 saturated heterocycles. The number of methoxy groups -OCH3 is 1. The Bertz CT molecular complexity index is 352. The van der Waals surface area contributed by atoms with Gasteiger partial charge in [-0.15, -0.1) is 0 Å². The van der Waals surface area contributed by atoms with Crippen LogP contribution in [0, 0.1) is 0 Å². The van der Waals surface area contributed by atoms with Crippen LogP contribution < -0.4 is 0 Å². The standard InChI is InChI=1S/C12H17NO4/c1-8(14)17-11-7-6-9-4-3-5-10(11)13(9)12(15)16-2/h3-4,9-11H,5-7H2,1-2H3/t9-,10-,11+/m0/s1. The lowest BCUT2D eigenvalue weighted by Gasteiger charge is -2.45. The van der Waals surface area contributed by atoms with Crippen LogP contribution in [-0.2, 0) is 14.3 Å². The molecule has 2 rings (SSSR count). The Balaban J connectivity index is 2.18. The summed E-state index contributed by atoms with van der Waals surface area (Å²) in [6, 6.07) is -0.0110. The van der Waals surface area contributed by atoms with E-state index in [4.69, 9.17) is 9.47 Å². The number of hydrogen-bond acceptors (Lipinski definition) is 4. The van der Waals surface area contributed by atoms with Crippen molar-refractivity contribution in [2.75, 3.05) is 7.11 Å². The molecule has 0 aromatic rings. The Morgan fingerprint density at radius 2 is 2.12 bits per heavy atom. The molecule has 17 heavy (non-hydrogen) atoms. The lowest BCUT2D eigenvalue weighted by atomic mass is 9.87. The Morgan fingerprint density at radius 3 is 2.76 bits per heavy atom. The summed E-state index contributed by atoms with van der Waals surface area (Å²) in [5.41, 5.74) is 0. The molecule has 94 valence electrons. The number of amides is 1. The number of carbonyl (C=O) groups excluding carboxylic acids is 2. The van der Waals surface area contributed by atoms with Crippen molar-refractivity contribution in [3.05, 3.63) is 12.2 Å². The van der Waals surface area contributed by atoms with Gasteiger partial charge in [0.25, 0.3) is 0 Å². The molecule has 0 radical (unpaired) electrons. The van der Waals surface area contributed by atoms with Gasteiger partial charge in [-0.1, -0.05) is 12.2 Å². The molecule has 2 aliphatic heterocycles. The van der Waals surface area contributed by atoms with E-state index in [9.17, 15) is 9.59 Å². The van der Waals surface area contributed by atoms with Crippen molar-refractivity contribution in [3.8, 4) is 0 Å². The van der Waals surface area contributed by atoms with E-state index in [0.717, 1.165) is 12.8 Å². The summed E-state index contributed by atoms with van der Waals surface area (Å²) < 4.78 is 10.1. The summed E-state index contributed by atoms with van der Waals surface area (Å²) in [5, 5.41) is 0. The van der Waals surface area contributed by atoms with Gasteiger partial charge in [0.15, 0.2) is 0 Å². The number of fused-ring (bicyclic) bond motifs is 2. The molecular formula is C12H17NO4. The highest BCUT2D eigenvalue weighted by atomic mass is 16.6. The molecule has 1 fully saturated rings. The lowest BCUT2D eigenvalue weighted by molar-refractivity contribution is -0.153. The molecule has 2 bridgehead atoms. The average molecular weight is 239 g/mol. The second-order valence-electron chi connectivity index (χ2n) is 4.40. The van der Waals surface area contributed by atoms with E-state index in [1.165, 1.54) is 14.0 Å². The molecule has 0 aliphatic carbocycles.